The third kappa shape index (κ3) is 2.70. The van der Waals surface area contributed by atoms with Crippen LogP contribution in [-0.4, -0.2) is 9.97 Å². The molecule has 0 fully saturated rings. The predicted octanol–water partition coefficient (Wildman–Crippen LogP) is 2.43. The highest BCUT2D eigenvalue weighted by Crippen LogP contribution is 2.20. The average Bonchev–Trinajstić information content (AvgIpc) is 2.29. The van der Waals surface area contributed by atoms with E-state index in [-0.39, 0.29) is 0 Å². The van der Waals surface area contributed by atoms with Gasteiger partial charge < -0.3 is 11.1 Å². The molecule has 2 aromatic rings. The zero-order chi connectivity index (χ0) is 11.4. The summed E-state index contributed by atoms with van der Waals surface area (Å²) in [6, 6.07) is 5.71. The van der Waals surface area contributed by atoms with Crippen molar-refractivity contribution in [2.24, 2.45) is 0 Å². The summed E-state index contributed by atoms with van der Waals surface area (Å²) in [6.45, 7) is 0.682. The number of aromatic nitrogens is 2. The number of rotatable bonds is 3. The maximum absolute atomic E-state index is 5.82. The number of anilines is 2. The molecule has 0 amide bonds. The van der Waals surface area contributed by atoms with Crippen molar-refractivity contribution in [2.75, 3.05) is 11.1 Å². The number of nitrogens with two attached hydrogens (primary N) is 1. The first-order valence-electron chi connectivity index (χ1n) is 4.79. The third-order valence-corrected chi connectivity index (χ3v) is 2.53. The number of nitrogen functional groups attached to an aromatic ring is 1. The Kier molecular flexibility index (Phi) is 3.36. The molecule has 0 saturated carbocycles. The zero-order valence-corrected chi connectivity index (χ0v) is 10.1. The van der Waals surface area contributed by atoms with E-state index in [1.165, 1.54) is 0 Å². The van der Waals surface area contributed by atoms with Gasteiger partial charge in [-0.2, -0.15) is 0 Å². The lowest BCUT2D eigenvalue weighted by atomic mass is 10.2. The van der Waals surface area contributed by atoms with E-state index in [0.717, 1.165) is 10.0 Å². The monoisotopic (exact) mass is 278 g/mol. The van der Waals surface area contributed by atoms with E-state index >= 15 is 0 Å². The van der Waals surface area contributed by atoms with Gasteiger partial charge in [-0.3, -0.25) is 4.98 Å². The van der Waals surface area contributed by atoms with Crippen LogP contribution >= 0.6 is 15.9 Å². The van der Waals surface area contributed by atoms with Crippen LogP contribution in [0.2, 0.25) is 0 Å². The number of halogens is 1. The fourth-order valence-corrected chi connectivity index (χ4v) is 1.64. The Morgan fingerprint density at radius 1 is 1.31 bits per heavy atom. The van der Waals surface area contributed by atoms with Crippen molar-refractivity contribution in [1.82, 2.24) is 9.97 Å². The molecule has 0 saturated heterocycles. The van der Waals surface area contributed by atoms with Crippen molar-refractivity contribution < 1.29 is 0 Å². The Balaban J connectivity index is 2.05. The van der Waals surface area contributed by atoms with E-state index in [0.29, 0.717) is 18.1 Å². The molecule has 0 unspecified atom stereocenters. The van der Waals surface area contributed by atoms with Crippen LogP contribution in [0.3, 0.4) is 0 Å². The Bertz CT molecular complexity index is 473. The Morgan fingerprint density at radius 2 is 2.06 bits per heavy atom. The van der Waals surface area contributed by atoms with E-state index in [1.807, 2.05) is 18.2 Å². The van der Waals surface area contributed by atoms with Crippen molar-refractivity contribution in [3.63, 3.8) is 0 Å². The van der Waals surface area contributed by atoms with Crippen molar-refractivity contribution >= 4 is 27.4 Å². The second kappa shape index (κ2) is 4.94. The molecule has 0 bridgehead atoms. The Morgan fingerprint density at radius 3 is 2.75 bits per heavy atom. The summed E-state index contributed by atoms with van der Waals surface area (Å²) in [6.07, 6.45) is 5.23. The van der Waals surface area contributed by atoms with Crippen LogP contribution in [0, 0.1) is 0 Å². The van der Waals surface area contributed by atoms with Crippen LogP contribution in [0.5, 0.6) is 0 Å². The van der Waals surface area contributed by atoms with Crippen molar-refractivity contribution in [3.8, 4) is 0 Å². The van der Waals surface area contributed by atoms with Crippen LogP contribution < -0.4 is 11.1 Å². The summed E-state index contributed by atoms with van der Waals surface area (Å²) < 4.78 is 0.875. The van der Waals surface area contributed by atoms with Gasteiger partial charge in [-0.1, -0.05) is 0 Å². The molecule has 0 aromatic carbocycles. The topological polar surface area (TPSA) is 63.8 Å². The fraction of sp³-hybridized carbons (Fsp3) is 0.0909. The van der Waals surface area contributed by atoms with Gasteiger partial charge >= 0.3 is 0 Å². The summed E-state index contributed by atoms with van der Waals surface area (Å²) in [4.78, 5) is 8.15. The fourth-order valence-electron chi connectivity index (χ4n) is 1.29. The molecule has 0 radical (unpaired) electrons. The van der Waals surface area contributed by atoms with Crippen LogP contribution in [0.1, 0.15) is 5.56 Å². The minimum atomic E-state index is 0.628. The second-order valence-electron chi connectivity index (χ2n) is 3.30. The van der Waals surface area contributed by atoms with E-state index < -0.39 is 0 Å². The summed E-state index contributed by atoms with van der Waals surface area (Å²) in [5, 5.41) is 3.17. The predicted molar refractivity (Wildman–Crippen MR) is 67.9 cm³/mol. The summed E-state index contributed by atoms with van der Waals surface area (Å²) >= 11 is 3.31. The first-order chi connectivity index (χ1) is 7.75. The normalized spacial score (nSPS) is 10.1. The van der Waals surface area contributed by atoms with Crippen LogP contribution in [0.4, 0.5) is 11.5 Å². The minimum Gasteiger partial charge on any atom is -0.396 e. The van der Waals surface area contributed by atoms with Crippen molar-refractivity contribution in [1.29, 1.82) is 0 Å². The molecule has 16 heavy (non-hydrogen) atoms. The van der Waals surface area contributed by atoms with Gasteiger partial charge in [0.2, 0.25) is 0 Å². The highest BCUT2D eigenvalue weighted by Gasteiger charge is 2.00. The molecule has 5 heteroatoms. The molecule has 0 atom stereocenters. The maximum atomic E-state index is 5.82. The number of hydrogen-bond donors (Lipinski definition) is 2. The molecule has 0 aliphatic carbocycles. The number of hydrogen-bond acceptors (Lipinski definition) is 4. The maximum Gasteiger partial charge on any atom is 0.149 e. The van der Waals surface area contributed by atoms with Gasteiger partial charge in [0.25, 0.3) is 0 Å². The SMILES string of the molecule is Nc1cc(Br)cnc1NCc1ccncc1. The van der Waals surface area contributed by atoms with E-state index in [1.54, 1.807) is 18.6 Å². The zero-order valence-electron chi connectivity index (χ0n) is 8.52. The Hall–Kier alpha value is -1.62. The lowest BCUT2D eigenvalue weighted by molar-refractivity contribution is 1.10. The molecular weight excluding hydrogens is 268 g/mol. The van der Waals surface area contributed by atoms with E-state index in [4.69, 9.17) is 5.73 Å². The van der Waals surface area contributed by atoms with E-state index in [9.17, 15) is 0 Å². The van der Waals surface area contributed by atoms with Crippen LogP contribution in [0.15, 0.2) is 41.3 Å². The molecule has 2 rings (SSSR count). The number of pyridine rings is 2. The van der Waals surface area contributed by atoms with E-state index in [2.05, 4.69) is 31.2 Å². The molecule has 2 heterocycles. The van der Waals surface area contributed by atoms with Gasteiger partial charge in [0.1, 0.15) is 5.82 Å². The van der Waals surface area contributed by atoms with Gasteiger partial charge in [0, 0.05) is 29.6 Å². The van der Waals surface area contributed by atoms with Gasteiger partial charge in [0.15, 0.2) is 0 Å². The number of nitrogens with zero attached hydrogens (tertiary/aromatic N) is 2. The van der Waals surface area contributed by atoms with Crippen LogP contribution in [-0.2, 0) is 6.54 Å². The van der Waals surface area contributed by atoms with Crippen molar-refractivity contribution in [2.45, 2.75) is 6.54 Å². The highest BCUT2D eigenvalue weighted by atomic mass is 79.9. The second-order valence-corrected chi connectivity index (χ2v) is 4.22. The first-order valence-corrected chi connectivity index (χ1v) is 5.59. The minimum absolute atomic E-state index is 0.628. The quantitative estimate of drug-likeness (QED) is 0.905. The standard InChI is InChI=1S/C11H11BrN4/c12-9-5-10(13)11(16-7-9)15-6-8-1-3-14-4-2-8/h1-5,7H,6,13H2,(H,15,16). The first kappa shape index (κ1) is 10.9. The molecule has 2 aromatic heterocycles. The summed E-state index contributed by atoms with van der Waals surface area (Å²) in [7, 11) is 0. The molecule has 82 valence electrons. The van der Waals surface area contributed by atoms with Gasteiger partial charge in [-0.05, 0) is 39.7 Å². The Labute approximate surface area is 102 Å². The lowest BCUT2D eigenvalue weighted by Crippen LogP contribution is -2.04. The third-order valence-electron chi connectivity index (χ3n) is 2.09. The molecule has 0 aliphatic rings. The van der Waals surface area contributed by atoms with Crippen LogP contribution in [0.25, 0.3) is 0 Å². The van der Waals surface area contributed by atoms with Crippen molar-refractivity contribution in [3.05, 3.63) is 46.8 Å². The number of nitrogens with one attached hydrogen (secondary N) is 1. The summed E-state index contributed by atoms with van der Waals surface area (Å²) in [5.41, 5.74) is 7.58. The average molecular weight is 279 g/mol. The van der Waals surface area contributed by atoms with Gasteiger partial charge in [-0.25, -0.2) is 4.98 Å². The van der Waals surface area contributed by atoms with Gasteiger partial charge in [-0.15, -0.1) is 0 Å². The molecule has 0 aliphatic heterocycles. The van der Waals surface area contributed by atoms with Gasteiger partial charge in [0.05, 0.1) is 5.69 Å². The highest BCUT2D eigenvalue weighted by molar-refractivity contribution is 9.10. The molecule has 3 N–H and O–H groups in total. The molecule has 4 nitrogen and oxygen atoms in total. The lowest BCUT2D eigenvalue weighted by Gasteiger charge is -2.08. The summed E-state index contributed by atoms with van der Waals surface area (Å²) in [5.74, 6) is 0.694. The largest absolute Gasteiger partial charge is 0.396 e. The molecular formula is C11H11BrN4. The molecule has 0 spiro atoms. The smallest absolute Gasteiger partial charge is 0.149 e.